The third-order valence-electron chi connectivity index (χ3n) is 4.73. The van der Waals surface area contributed by atoms with Gasteiger partial charge >= 0.3 is 0 Å². The summed E-state index contributed by atoms with van der Waals surface area (Å²) in [4.78, 5) is 2.50. The highest BCUT2D eigenvalue weighted by molar-refractivity contribution is 5.09. The maximum Gasteiger partial charge on any atom is 0.138 e. The fourth-order valence-electron chi connectivity index (χ4n) is 3.47. The molecule has 0 aliphatic carbocycles. The zero-order chi connectivity index (χ0) is 13.2. The summed E-state index contributed by atoms with van der Waals surface area (Å²) in [5, 5.41) is 18.3. The van der Waals surface area contributed by atoms with Crippen LogP contribution in [0.3, 0.4) is 0 Å². The van der Waals surface area contributed by atoms with Crippen LogP contribution < -0.4 is 0 Å². The number of piperidine rings is 1. The molecule has 1 N–H and O–H groups in total. The van der Waals surface area contributed by atoms with Gasteiger partial charge in [0.15, 0.2) is 0 Å². The highest BCUT2D eigenvalue weighted by atomic mass is 16.3. The summed E-state index contributed by atoms with van der Waals surface area (Å²) in [6, 6.07) is 0. The molecule has 1 aromatic rings. The molecule has 0 amide bonds. The fourth-order valence-corrected chi connectivity index (χ4v) is 3.47. The first-order chi connectivity index (χ1) is 9.33. The van der Waals surface area contributed by atoms with Gasteiger partial charge in [0, 0.05) is 18.4 Å². The van der Waals surface area contributed by atoms with Crippen molar-refractivity contribution in [1.29, 1.82) is 0 Å². The molecule has 2 aliphatic rings. The number of nitrogens with zero attached hydrogens (tertiary/aromatic N) is 4. The Bertz CT molecular complexity index is 423. The molecule has 1 aromatic heterocycles. The van der Waals surface area contributed by atoms with Crippen molar-refractivity contribution in [3.8, 4) is 0 Å². The second-order valence-electron chi connectivity index (χ2n) is 5.80. The van der Waals surface area contributed by atoms with E-state index in [2.05, 4.69) is 26.6 Å². The molecule has 1 fully saturated rings. The summed E-state index contributed by atoms with van der Waals surface area (Å²) in [6.45, 7) is 6.95. The fraction of sp³-hybridized carbons (Fsp3) is 0.857. The molecule has 0 aromatic carbocycles. The van der Waals surface area contributed by atoms with Crippen LogP contribution in [0, 0.1) is 0 Å². The molecule has 1 atom stereocenters. The van der Waals surface area contributed by atoms with Crippen molar-refractivity contribution in [2.45, 2.75) is 51.0 Å². The Labute approximate surface area is 114 Å². The Morgan fingerprint density at radius 3 is 2.53 bits per heavy atom. The lowest BCUT2D eigenvalue weighted by molar-refractivity contribution is 0.213. The summed E-state index contributed by atoms with van der Waals surface area (Å²) in [7, 11) is 0. The average molecular weight is 264 g/mol. The van der Waals surface area contributed by atoms with Gasteiger partial charge in [-0.2, -0.15) is 0 Å². The largest absolute Gasteiger partial charge is 0.396 e. The van der Waals surface area contributed by atoms with Crippen molar-refractivity contribution in [3.63, 3.8) is 0 Å². The van der Waals surface area contributed by atoms with E-state index >= 15 is 0 Å². The van der Waals surface area contributed by atoms with Crippen LogP contribution in [0.2, 0.25) is 0 Å². The molecule has 0 radical (unpaired) electrons. The highest BCUT2D eigenvalue weighted by Crippen LogP contribution is 2.32. The number of likely N-dealkylation sites (tertiary alicyclic amines) is 1. The molecule has 1 unspecified atom stereocenters. The van der Waals surface area contributed by atoms with E-state index in [1.807, 2.05) is 0 Å². The first-order valence-electron chi connectivity index (χ1n) is 7.59. The molecule has 3 rings (SSSR count). The first kappa shape index (κ1) is 13.1. The van der Waals surface area contributed by atoms with Gasteiger partial charge in [-0.1, -0.05) is 6.92 Å². The molecular weight excluding hydrogens is 240 g/mol. The van der Waals surface area contributed by atoms with Gasteiger partial charge in [0.05, 0.1) is 6.61 Å². The van der Waals surface area contributed by atoms with E-state index in [0.29, 0.717) is 5.92 Å². The summed E-state index contributed by atoms with van der Waals surface area (Å²) < 4.78 is 2.29. The Morgan fingerprint density at radius 2 is 1.84 bits per heavy atom. The van der Waals surface area contributed by atoms with E-state index in [9.17, 15) is 5.11 Å². The zero-order valence-corrected chi connectivity index (χ0v) is 11.8. The normalized spacial score (nSPS) is 25.5. The van der Waals surface area contributed by atoms with Crippen LogP contribution in [0.25, 0.3) is 0 Å². The van der Waals surface area contributed by atoms with Gasteiger partial charge in [0.1, 0.15) is 11.6 Å². The highest BCUT2D eigenvalue weighted by Gasteiger charge is 2.29. The molecule has 5 heteroatoms. The monoisotopic (exact) mass is 264 g/mol. The summed E-state index contributed by atoms with van der Waals surface area (Å²) in [6.07, 6.45) is 4.56. The van der Waals surface area contributed by atoms with Gasteiger partial charge in [-0.15, -0.1) is 10.2 Å². The van der Waals surface area contributed by atoms with Crippen LogP contribution in [0.1, 0.15) is 56.1 Å². The third-order valence-corrected chi connectivity index (χ3v) is 4.73. The Morgan fingerprint density at radius 1 is 1.11 bits per heavy atom. The zero-order valence-electron chi connectivity index (χ0n) is 11.8. The maximum absolute atomic E-state index is 9.44. The molecule has 1 saturated heterocycles. The van der Waals surface area contributed by atoms with Crippen LogP contribution in [0.5, 0.6) is 0 Å². The van der Waals surface area contributed by atoms with Gasteiger partial charge in [0.25, 0.3) is 0 Å². The molecule has 106 valence electrons. The Kier molecular flexibility index (Phi) is 3.84. The summed E-state index contributed by atoms with van der Waals surface area (Å²) in [5.41, 5.74) is 0. The standard InChI is InChI=1S/C14H24N4O/c1-2-17-8-5-11(6-9-17)13-15-16-14-12(10-19)4-3-7-18(13)14/h11-12,19H,2-10H2,1H3. The predicted octanol–water partition coefficient (Wildman–Crippen LogP) is 1.35. The van der Waals surface area contributed by atoms with Crippen LogP contribution in [0.15, 0.2) is 0 Å². The van der Waals surface area contributed by atoms with E-state index < -0.39 is 0 Å². The quantitative estimate of drug-likeness (QED) is 0.895. The summed E-state index contributed by atoms with van der Waals surface area (Å²) >= 11 is 0. The lowest BCUT2D eigenvalue weighted by Gasteiger charge is -2.31. The Balaban J connectivity index is 1.77. The SMILES string of the molecule is CCN1CCC(c2nnc3n2CCCC3CO)CC1. The van der Waals surface area contributed by atoms with Gasteiger partial charge in [0.2, 0.25) is 0 Å². The van der Waals surface area contributed by atoms with Crippen molar-refractivity contribution in [3.05, 3.63) is 11.6 Å². The first-order valence-corrected chi connectivity index (χ1v) is 7.59. The number of aliphatic hydroxyl groups is 1. The van der Waals surface area contributed by atoms with Crippen molar-refractivity contribution in [1.82, 2.24) is 19.7 Å². The molecule has 0 spiro atoms. The number of aromatic nitrogens is 3. The molecule has 5 nitrogen and oxygen atoms in total. The third kappa shape index (κ3) is 2.41. The van der Waals surface area contributed by atoms with E-state index in [1.54, 1.807) is 0 Å². The van der Waals surface area contributed by atoms with Crippen LogP contribution >= 0.6 is 0 Å². The maximum atomic E-state index is 9.44. The van der Waals surface area contributed by atoms with Gasteiger partial charge in [-0.05, 0) is 45.3 Å². The molecule has 0 saturated carbocycles. The minimum absolute atomic E-state index is 0.200. The lowest BCUT2D eigenvalue weighted by Crippen LogP contribution is -2.33. The second-order valence-corrected chi connectivity index (χ2v) is 5.80. The second kappa shape index (κ2) is 5.59. The van der Waals surface area contributed by atoms with Crippen LogP contribution in [-0.2, 0) is 6.54 Å². The number of hydrogen-bond donors (Lipinski definition) is 1. The van der Waals surface area contributed by atoms with Crippen LogP contribution in [-0.4, -0.2) is 51.0 Å². The van der Waals surface area contributed by atoms with Crippen molar-refractivity contribution in [2.24, 2.45) is 0 Å². The smallest absolute Gasteiger partial charge is 0.138 e. The van der Waals surface area contributed by atoms with E-state index in [-0.39, 0.29) is 12.5 Å². The summed E-state index contributed by atoms with van der Waals surface area (Å²) in [5.74, 6) is 2.94. The minimum atomic E-state index is 0.200. The topological polar surface area (TPSA) is 54.2 Å². The van der Waals surface area contributed by atoms with Crippen molar-refractivity contribution in [2.75, 3.05) is 26.2 Å². The number of fused-ring (bicyclic) bond motifs is 1. The van der Waals surface area contributed by atoms with E-state index in [0.717, 1.165) is 31.8 Å². The predicted molar refractivity (Wildman–Crippen MR) is 73.2 cm³/mol. The minimum Gasteiger partial charge on any atom is -0.396 e. The van der Waals surface area contributed by atoms with E-state index in [1.165, 1.54) is 31.8 Å². The molecule has 2 aliphatic heterocycles. The molecular formula is C14H24N4O. The number of rotatable bonds is 3. The van der Waals surface area contributed by atoms with Gasteiger partial charge < -0.3 is 14.6 Å². The van der Waals surface area contributed by atoms with Crippen molar-refractivity contribution >= 4 is 0 Å². The molecule has 19 heavy (non-hydrogen) atoms. The van der Waals surface area contributed by atoms with Gasteiger partial charge in [-0.25, -0.2) is 0 Å². The molecule has 3 heterocycles. The van der Waals surface area contributed by atoms with Crippen LogP contribution in [0.4, 0.5) is 0 Å². The number of aliphatic hydroxyl groups excluding tert-OH is 1. The average Bonchev–Trinajstić information content (AvgIpc) is 2.91. The van der Waals surface area contributed by atoms with Crippen molar-refractivity contribution < 1.29 is 5.11 Å². The Hall–Kier alpha value is -0.940. The molecule has 0 bridgehead atoms. The lowest BCUT2D eigenvalue weighted by atomic mass is 9.94. The number of hydrogen-bond acceptors (Lipinski definition) is 4. The van der Waals surface area contributed by atoms with E-state index in [4.69, 9.17) is 0 Å². The van der Waals surface area contributed by atoms with Gasteiger partial charge in [-0.3, -0.25) is 0 Å².